The van der Waals surface area contributed by atoms with E-state index < -0.39 is 5.97 Å². The SMILES string of the molecule is COc1ccc2cc(CC(=O)O)sc2c1. The Kier molecular flexibility index (Phi) is 2.60. The van der Waals surface area contributed by atoms with E-state index in [1.165, 1.54) is 11.3 Å². The first-order chi connectivity index (χ1) is 7.19. The van der Waals surface area contributed by atoms with Crippen LogP contribution in [-0.4, -0.2) is 18.2 Å². The summed E-state index contributed by atoms with van der Waals surface area (Å²) in [5.74, 6) is -0.000235. The molecule has 2 aromatic rings. The second-order valence-electron chi connectivity index (χ2n) is 3.19. The number of aliphatic carboxylic acids is 1. The smallest absolute Gasteiger partial charge is 0.308 e. The van der Waals surface area contributed by atoms with Crippen LogP contribution in [0.2, 0.25) is 0 Å². The van der Waals surface area contributed by atoms with E-state index in [0.29, 0.717) is 0 Å². The monoisotopic (exact) mass is 222 g/mol. The molecule has 0 fully saturated rings. The lowest BCUT2D eigenvalue weighted by Crippen LogP contribution is -1.96. The molecule has 2 rings (SSSR count). The van der Waals surface area contributed by atoms with E-state index in [-0.39, 0.29) is 6.42 Å². The van der Waals surface area contributed by atoms with Crippen LogP contribution in [-0.2, 0) is 11.2 Å². The first kappa shape index (κ1) is 9.98. The maximum atomic E-state index is 10.6. The molecule has 1 aromatic heterocycles. The summed E-state index contributed by atoms with van der Waals surface area (Å²) in [6.07, 6.45) is 0.0850. The average molecular weight is 222 g/mol. The van der Waals surface area contributed by atoms with Gasteiger partial charge in [0, 0.05) is 9.58 Å². The van der Waals surface area contributed by atoms with Crippen molar-refractivity contribution in [3.05, 3.63) is 29.1 Å². The van der Waals surface area contributed by atoms with E-state index in [4.69, 9.17) is 9.84 Å². The Labute approximate surface area is 90.9 Å². The summed E-state index contributed by atoms with van der Waals surface area (Å²) < 4.78 is 6.16. The highest BCUT2D eigenvalue weighted by Crippen LogP contribution is 2.29. The minimum atomic E-state index is -0.798. The van der Waals surface area contributed by atoms with Gasteiger partial charge in [0.1, 0.15) is 5.75 Å². The van der Waals surface area contributed by atoms with Crippen LogP contribution in [0.5, 0.6) is 5.75 Å². The van der Waals surface area contributed by atoms with Crippen LogP contribution in [0, 0.1) is 0 Å². The third-order valence-corrected chi connectivity index (χ3v) is 3.20. The number of hydrogen-bond acceptors (Lipinski definition) is 3. The molecule has 15 heavy (non-hydrogen) atoms. The van der Waals surface area contributed by atoms with E-state index in [0.717, 1.165) is 20.7 Å². The summed E-state index contributed by atoms with van der Waals surface area (Å²) in [6.45, 7) is 0. The lowest BCUT2D eigenvalue weighted by molar-refractivity contribution is -0.136. The molecule has 0 aliphatic rings. The van der Waals surface area contributed by atoms with Gasteiger partial charge in [0.2, 0.25) is 0 Å². The molecular weight excluding hydrogens is 212 g/mol. The molecule has 0 amide bonds. The van der Waals surface area contributed by atoms with E-state index in [2.05, 4.69) is 0 Å². The van der Waals surface area contributed by atoms with Crippen molar-refractivity contribution in [1.82, 2.24) is 0 Å². The highest BCUT2D eigenvalue weighted by Gasteiger charge is 2.06. The van der Waals surface area contributed by atoms with Crippen molar-refractivity contribution >= 4 is 27.4 Å². The van der Waals surface area contributed by atoms with Crippen molar-refractivity contribution in [2.45, 2.75) is 6.42 Å². The van der Waals surface area contributed by atoms with Crippen molar-refractivity contribution in [3.8, 4) is 5.75 Å². The van der Waals surface area contributed by atoms with Gasteiger partial charge in [0.25, 0.3) is 0 Å². The lowest BCUT2D eigenvalue weighted by Gasteiger charge is -1.97. The van der Waals surface area contributed by atoms with Gasteiger partial charge in [-0.3, -0.25) is 4.79 Å². The Bertz CT molecular complexity index is 502. The maximum Gasteiger partial charge on any atom is 0.308 e. The molecule has 0 atom stereocenters. The van der Waals surface area contributed by atoms with Crippen molar-refractivity contribution in [1.29, 1.82) is 0 Å². The van der Waals surface area contributed by atoms with Gasteiger partial charge in [-0.1, -0.05) is 0 Å². The number of ether oxygens (including phenoxy) is 1. The topological polar surface area (TPSA) is 46.5 Å². The molecular formula is C11H10O3S. The summed E-state index contributed by atoms with van der Waals surface area (Å²) in [7, 11) is 1.62. The van der Waals surface area contributed by atoms with E-state index in [1.54, 1.807) is 7.11 Å². The van der Waals surface area contributed by atoms with Crippen LogP contribution in [0.4, 0.5) is 0 Å². The van der Waals surface area contributed by atoms with Crippen LogP contribution < -0.4 is 4.74 Å². The number of benzene rings is 1. The summed E-state index contributed by atoms with van der Waals surface area (Å²) in [4.78, 5) is 11.4. The van der Waals surface area contributed by atoms with Crippen molar-refractivity contribution < 1.29 is 14.6 Å². The minimum Gasteiger partial charge on any atom is -0.497 e. The number of thiophene rings is 1. The number of carboxylic acids is 1. The zero-order chi connectivity index (χ0) is 10.8. The molecule has 1 N–H and O–H groups in total. The van der Waals surface area contributed by atoms with Crippen LogP contribution in [0.15, 0.2) is 24.3 Å². The first-order valence-corrected chi connectivity index (χ1v) is 5.29. The highest BCUT2D eigenvalue weighted by atomic mass is 32.1. The largest absolute Gasteiger partial charge is 0.497 e. The molecule has 0 unspecified atom stereocenters. The van der Waals surface area contributed by atoms with Gasteiger partial charge in [-0.25, -0.2) is 0 Å². The average Bonchev–Trinajstić information content (AvgIpc) is 2.57. The van der Waals surface area contributed by atoms with Gasteiger partial charge in [0.05, 0.1) is 13.5 Å². The van der Waals surface area contributed by atoms with Crippen molar-refractivity contribution in [2.75, 3.05) is 7.11 Å². The summed E-state index contributed by atoms with van der Waals surface area (Å²) in [5, 5.41) is 9.74. The van der Waals surface area contributed by atoms with Gasteiger partial charge in [-0.05, 0) is 29.7 Å². The Morgan fingerprint density at radius 2 is 2.27 bits per heavy atom. The highest BCUT2D eigenvalue weighted by molar-refractivity contribution is 7.19. The second kappa shape index (κ2) is 3.90. The molecule has 0 aliphatic carbocycles. The van der Waals surface area contributed by atoms with Crippen LogP contribution in [0.3, 0.4) is 0 Å². The Balaban J connectivity index is 2.42. The number of carbonyl (C=O) groups is 1. The number of hydrogen-bond donors (Lipinski definition) is 1. The molecule has 1 heterocycles. The van der Waals surface area contributed by atoms with Crippen molar-refractivity contribution in [3.63, 3.8) is 0 Å². The fraction of sp³-hybridized carbons (Fsp3) is 0.182. The van der Waals surface area contributed by atoms with E-state index >= 15 is 0 Å². The number of methoxy groups -OCH3 is 1. The van der Waals surface area contributed by atoms with Crippen LogP contribution >= 0.6 is 11.3 Å². The van der Waals surface area contributed by atoms with Gasteiger partial charge in [0.15, 0.2) is 0 Å². The summed E-state index contributed by atoms with van der Waals surface area (Å²) in [5.41, 5.74) is 0. The number of rotatable bonds is 3. The third-order valence-electron chi connectivity index (χ3n) is 2.10. The fourth-order valence-electron chi connectivity index (χ4n) is 1.43. The van der Waals surface area contributed by atoms with E-state index in [9.17, 15) is 4.79 Å². The Hall–Kier alpha value is -1.55. The minimum absolute atomic E-state index is 0.0850. The molecule has 1 aromatic carbocycles. The molecule has 0 saturated heterocycles. The second-order valence-corrected chi connectivity index (χ2v) is 4.36. The standard InChI is InChI=1S/C11H10O3S/c1-14-8-3-2-7-4-9(6-11(12)13)15-10(7)5-8/h2-5H,6H2,1H3,(H,12,13). The summed E-state index contributed by atoms with van der Waals surface area (Å²) >= 11 is 1.49. The van der Waals surface area contributed by atoms with Gasteiger partial charge >= 0.3 is 5.97 Å². The molecule has 78 valence electrons. The third kappa shape index (κ3) is 2.10. The van der Waals surface area contributed by atoms with Gasteiger partial charge < -0.3 is 9.84 Å². The zero-order valence-electron chi connectivity index (χ0n) is 8.19. The quantitative estimate of drug-likeness (QED) is 0.868. The van der Waals surface area contributed by atoms with Crippen LogP contribution in [0.25, 0.3) is 10.1 Å². The molecule has 0 aliphatic heterocycles. The molecule has 0 saturated carbocycles. The molecule has 0 bridgehead atoms. The molecule has 3 nitrogen and oxygen atoms in total. The normalized spacial score (nSPS) is 10.5. The van der Waals surface area contributed by atoms with Crippen molar-refractivity contribution in [2.24, 2.45) is 0 Å². The Morgan fingerprint density at radius 1 is 1.47 bits per heavy atom. The molecule has 0 radical (unpaired) electrons. The maximum absolute atomic E-state index is 10.6. The Morgan fingerprint density at radius 3 is 2.93 bits per heavy atom. The molecule has 0 spiro atoms. The van der Waals surface area contributed by atoms with Crippen LogP contribution in [0.1, 0.15) is 4.88 Å². The zero-order valence-corrected chi connectivity index (χ0v) is 9.00. The first-order valence-electron chi connectivity index (χ1n) is 4.47. The van der Waals surface area contributed by atoms with Gasteiger partial charge in [-0.2, -0.15) is 0 Å². The number of fused-ring (bicyclic) bond motifs is 1. The molecule has 4 heteroatoms. The summed E-state index contributed by atoms with van der Waals surface area (Å²) in [6, 6.07) is 7.65. The van der Waals surface area contributed by atoms with Gasteiger partial charge in [-0.15, -0.1) is 11.3 Å². The fourth-order valence-corrected chi connectivity index (χ4v) is 2.51. The lowest BCUT2D eigenvalue weighted by atomic mass is 10.2. The predicted molar refractivity (Wildman–Crippen MR) is 59.7 cm³/mol. The number of carboxylic acid groups (broad SMARTS) is 1. The van der Waals surface area contributed by atoms with E-state index in [1.807, 2.05) is 24.3 Å². The predicted octanol–water partition coefficient (Wildman–Crippen LogP) is 2.54.